The van der Waals surface area contributed by atoms with Gasteiger partial charge in [-0.2, -0.15) is 13.2 Å². The molecule has 7 heteroatoms. The molecule has 0 radical (unpaired) electrons. The molecule has 0 aromatic carbocycles. The molecule has 2 fully saturated rings. The molecule has 110 valence electrons. The fourth-order valence-corrected chi connectivity index (χ4v) is 2.62. The molecule has 0 aliphatic carbocycles. The molecule has 1 amide bonds. The third kappa shape index (κ3) is 4.07. The van der Waals surface area contributed by atoms with Gasteiger partial charge in [0, 0.05) is 39.3 Å². The van der Waals surface area contributed by atoms with Crippen molar-refractivity contribution in [3.63, 3.8) is 0 Å². The summed E-state index contributed by atoms with van der Waals surface area (Å²) in [6, 6.07) is 0. The number of halogens is 3. The van der Waals surface area contributed by atoms with E-state index in [1.54, 1.807) is 4.90 Å². The SMILES string of the molecule is O=C(CN1CCNCC1)N1CCC(C(F)(F)F)CC1. The molecule has 0 spiro atoms. The van der Waals surface area contributed by atoms with Crippen LogP contribution in [0.15, 0.2) is 0 Å². The van der Waals surface area contributed by atoms with E-state index in [0.717, 1.165) is 26.2 Å². The number of piperidine rings is 1. The van der Waals surface area contributed by atoms with E-state index in [0.29, 0.717) is 6.54 Å². The Morgan fingerprint density at radius 2 is 1.68 bits per heavy atom. The van der Waals surface area contributed by atoms with E-state index in [1.165, 1.54) is 0 Å². The Labute approximate surface area is 110 Å². The fraction of sp³-hybridized carbons (Fsp3) is 0.917. The Kier molecular flexibility index (Phi) is 4.67. The topological polar surface area (TPSA) is 35.6 Å². The number of rotatable bonds is 2. The van der Waals surface area contributed by atoms with Crippen molar-refractivity contribution in [2.24, 2.45) is 5.92 Å². The Morgan fingerprint density at radius 1 is 1.11 bits per heavy atom. The van der Waals surface area contributed by atoms with E-state index in [9.17, 15) is 18.0 Å². The average Bonchev–Trinajstić information content (AvgIpc) is 2.39. The van der Waals surface area contributed by atoms with Gasteiger partial charge in [-0.3, -0.25) is 9.69 Å². The Bertz CT molecular complexity index is 308. The summed E-state index contributed by atoms with van der Waals surface area (Å²) < 4.78 is 37.6. The van der Waals surface area contributed by atoms with E-state index < -0.39 is 12.1 Å². The number of piperazine rings is 1. The number of alkyl halides is 3. The average molecular weight is 279 g/mol. The number of likely N-dealkylation sites (tertiary alicyclic amines) is 1. The van der Waals surface area contributed by atoms with Gasteiger partial charge in [-0.25, -0.2) is 0 Å². The minimum absolute atomic E-state index is 0.0385. The number of carbonyl (C=O) groups excluding carboxylic acids is 1. The maximum Gasteiger partial charge on any atom is 0.391 e. The molecule has 0 aromatic rings. The highest BCUT2D eigenvalue weighted by molar-refractivity contribution is 5.78. The molecule has 2 heterocycles. The van der Waals surface area contributed by atoms with Crippen LogP contribution in [0.2, 0.25) is 0 Å². The molecule has 1 N–H and O–H groups in total. The lowest BCUT2D eigenvalue weighted by molar-refractivity contribution is -0.186. The smallest absolute Gasteiger partial charge is 0.342 e. The monoisotopic (exact) mass is 279 g/mol. The Hall–Kier alpha value is -0.820. The summed E-state index contributed by atoms with van der Waals surface area (Å²) in [7, 11) is 0. The van der Waals surface area contributed by atoms with Gasteiger partial charge in [-0.15, -0.1) is 0 Å². The van der Waals surface area contributed by atoms with Crippen LogP contribution in [0.4, 0.5) is 13.2 Å². The number of amides is 1. The first-order valence-electron chi connectivity index (χ1n) is 6.74. The van der Waals surface area contributed by atoms with Crippen LogP contribution in [0.1, 0.15) is 12.8 Å². The van der Waals surface area contributed by atoms with Crippen LogP contribution >= 0.6 is 0 Å². The normalized spacial score (nSPS) is 23.6. The molecular weight excluding hydrogens is 259 g/mol. The van der Waals surface area contributed by atoms with E-state index in [2.05, 4.69) is 10.2 Å². The highest BCUT2D eigenvalue weighted by atomic mass is 19.4. The molecule has 4 nitrogen and oxygen atoms in total. The number of nitrogens with zero attached hydrogens (tertiary/aromatic N) is 2. The van der Waals surface area contributed by atoms with Crippen molar-refractivity contribution < 1.29 is 18.0 Å². The Morgan fingerprint density at radius 3 is 2.21 bits per heavy atom. The van der Waals surface area contributed by atoms with Crippen LogP contribution in [0, 0.1) is 5.92 Å². The second-order valence-electron chi connectivity index (χ2n) is 5.22. The first-order valence-corrected chi connectivity index (χ1v) is 6.74. The summed E-state index contributed by atoms with van der Waals surface area (Å²) in [5, 5.41) is 3.20. The van der Waals surface area contributed by atoms with Crippen molar-refractivity contribution in [1.29, 1.82) is 0 Å². The number of hydrogen-bond acceptors (Lipinski definition) is 3. The zero-order chi connectivity index (χ0) is 13.9. The van der Waals surface area contributed by atoms with Gasteiger partial charge < -0.3 is 10.2 Å². The first-order chi connectivity index (χ1) is 8.97. The second-order valence-corrected chi connectivity index (χ2v) is 5.22. The van der Waals surface area contributed by atoms with Crippen molar-refractivity contribution in [2.45, 2.75) is 19.0 Å². The van der Waals surface area contributed by atoms with E-state index >= 15 is 0 Å². The van der Waals surface area contributed by atoms with Gasteiger partial charge in [-0.1, -0.05) is 0 Å². The lowest BCUT2D eigenvalue weighted by Gasteiger charge is -2.35. The molecule has 2 aliphatic heterocycles. The van der Waals surface area contributed by atoms with Crippen LogP contribution < -0.4 is 5.32 Å². The van der Waals surface area contributed by atoms with Crippen LogP contribution in [-0.2, 0) is 4.79 Å². The summed E-state index contributed by atoms with van der Waals surface area (Å²) in [5.41, 5.74) is 0. The van der Waals surface area contributed by atoms with Crippen LogP contribution in [0.5, 0.6) is 0 Å². The van der Waals surface area contributed by atoms with E-state index in [-0.39, 0.29) is 31.8 Å². The second kappa shape index (κ2) is 6.09. The number of nitrogens with one attached hydrogen (secondary N) is 1. The van der Waals surface area contributed by atoms with Gasteiger partial charge in [0.15, 0.2) is 0 Å². The van der Waals surface area contributed by atoms with Crippen molar-refractivity contribution in [3.8, 4) is 0 Å². The molecule has 2 aliphatic rings. The molecule has 19 heavy (non-hydrogen) atoms. The maximum absolute atomic E-state index is 12.5. The Balaban J connectivity index is 1.76. The lowest BCUT2D eigenvalue weighted by atomic mass is 9.96. The van der Waals surface area contributed by atoms with Gasteiger partial charge in [0.1, 0.15) is 0 Å². The predicted octanol–water partition coefficient (Wildman–Crippen LogP) is 0.692. The third-order valence-electron chi connectivity index (χ3n) is 3.88. The first kappa shape index (κ1) is 14.6. The van der Waals surface area contributed by atoms with Crippen molar-refractivity contribution in [1.82, 2.24) is 15.1 Å². The van der Waals surface area contributed by atoms with Gasteiger partial charge in [0.25, 0.3) is 0 Å². The highest BCUT2D eigenvalue weighted by Crippen LogP contribution is 2.34. The zero-order valence-electron chi connectivity index (χ0n) is 10.9. The van der Waals surface area contributed by atoms with Gasteiger partial charge in [0.2, 0.25) is 5.91 Å². The molecule has 2 saturated heterocycles. The third-order valence-corrected chi connectivity index (χ3v) is 3.88. The molecule has 0 atom stereocenters. The summed E-state index contributed by atoms with van der Waals surface area (Å²) in [5.74, 6) is -1.28. The molecule has 0 unspecified atom stereocenters. The zero-order valence-corrected chi connectivity index (χ0v) is 10.9. The standard InChI is InChI=1S/C12H20F3N3O/c13-12(14,15)10-1-5-18(6-2-10)11(19)9-17-7-3-16-4-8-17/h10,16H,1-9H2. The van der Waals surface area contributed by atoms with Crippen LogP contribution in [0.3, 0.4) is 0 Å². The summed E-state index contributed by atoms with van der Waals surface area (Å²) >= 11 is 0. The van der Waals surface area contributed by atoms with Crippen molar-refractivity contribution >= 4 is 5.91 Å². The quantitative estimate of drug-likeness (QED) is 0.808. The summed E-state index contributed by atoms with van der Waals surface area (Å²) in [6.07, 6.45) is -4.04. The predicted molar refractivity (Wildman–Crippen MR) is 64.7 cm³/mol. The molecule has 0 aromatic heterocycles. The van der Waals surface area contributed by atoms with Gasteiger partial charge in [0.05, 0.1) is 12.5 Å². The van der Waals surface area contributed by atoms with E-state index in [1.807, 2.05) is 0 Å². The largest absolute Gasteiger partial charge is 0.391 e. The number of carbonyl (C=O) groups is 1. The van der Waals surface area contributed by atoms with E-state index in [4.69, 9.17) is 0 Å². The minimum Gasteiger partial charge on any atom is -0.342 e. The summed E-state index contributed by atoms with van der Waals surface area (Å²) in [6.45, 7) is 4.17. The van der Waals surface area contributed by atoms with Gasteiger partial charge >= 0.3 is 6.18 Å². The lowest BCUT2D eigenvalue weighted by Crippen LogP contribution is -2.50. The highest BCUT2D eigenvalue weighted by Gasteiger charge is 2.41. The van der Waals surface area contributed by atoms with Crippen molar-refractivity contribution in [2.75, 3.05) is 45.8 Å². The van der Waals surface area contributed by atoms with Crippen LogP contribution in [0.25, 0.3) is 0 Å². The van der Waals surface area contributed by atoms with Gasteiger partial charge in [-0.05, 0) is 12.8 Å². The fourth-order valence-electron chi connectivity index (χ4n) is 2.62. The maximum atomic E-state index is 12.5. The molecule has 0 bridgehead atoms. The summed E-state index contributed by atoms with van der Waals surface area (Å²) in [4.78, 5) is 15.6. The minimum atomic E-state index is -4.12. The molecule has 0 saturated carbocycles. The number of hydrogen-bond donors (Lipinski definition) is 1. The molecule has 2 rings (SSSR count). The van der Waals surface area contributed by atoms with Crippen molar-refractivity contribution in [3.05, 3.63) is 0 Å². The molecular formula is C12H20F3N3O. The van der Waals surface area contributed by atoms with Crippen LogP contribution in [-0.4, -0.2) is 67.7 Å².